The Labute approximate surface area is 208 Å². The van der Waals surface area contributed by atoms with E-state index in [4.69, 9.17) is 0 Å². The van der Waals surface area contributed by atoms with Gasteiger partial charge >= 0.3 is 0 Å². The van der Waals surface area contributed by atoms with Crippen molar-refractivity contribution in [3.05, 3.63) is 0 Å². The number of rotatable bonds is 21. The van der Waals surface area contributed by atoms with Crippen LogP contribution in [0.25, 0.3) is 0 Å². The van der Waals surface area contributed by atoms with E-state index in [1.807, 2.05) is 0 Å². The zero-order valence-electron chi connectivity index (χ0n) is 21.5. The molecule has 2 unspecified atom stereocenters. The summed E-state index contributed by atoms with van der Waals surface area (Å²) >= 11 is 7.89. The summed E-state index contributed by atoms with van der Waals surface area (Å²) in [6.45, 7) is 14.1. The lowest BCUT2D eigenvalue weighted by atomic mass is 10.0. The largest absolute Gasteiger partial charge is 0.315 e. The highest BCUT2D eigenvalue weighted by molar-refractivity contribution is 9.09. The predicted molar refractivity (Wildman–Crippen MR) is 145 cm³/mol. The molecule has 2 nitrogen and oxygen atoms in total. The fourth-order valence-electron chi connectivity index (χ4n) is 4.26. The predicted octanol–water partition coefficient (Wildman–Crippen LogP) is 8.86. The molecule has 30 heavy (non-hydrogen) atoms. The maximum absolute atomic E-state index is 3.95. The highest BCUT2D eigenvalue weighted by atomic mass is 79.9. The molecule has 0 saturated heterocycles. The Bertz CT molecular complexity index is 345. The monoisotopic (exact) mass is 554 g/mol. The molecule has 0 radical (unpaired) electrons. The van der Waals surface area contributed by atoms with Crippen molar-refractivity contribution in [1.82, 2.24) is 0 Å². The van der Waals surface area contributed by atoms with E-state index in [1.54, 1.807) is 0 Å². The van der Waals surface area contributed by atoms with Crippen LogP contribution in [0.5, 0.6) is 0 Å². The van der Waals surface area contributed by atoms with E-state index < -0.39 is 0 Å². The first-order valence-electron chi connectivity index (χ1n) is 13.3. The maximum Gasteiger partial charge on any atom is 0.144 e. The minimum absolute atomic E-state index is 0.634. The van der Waals surface area contributed by atoms with Crippen LogP contribution in [0.15, 0.2) is 0 Å². The van der Waals surface area contributed by atoms with Gasteiger partial charge in [0.15, 0.2) is 0 Å². The Hall–Kier alpha value is 0.880. The van der Waals surface area contributed by atoms with Crippen molar-refractivity contribution in [2.45, 2.75) is 127 Å². The fraction of sp³-hybridized carbons (Fsp3) is 1.00. The molecule has 0 aliphatic heterocycles. The van der Waals surface area contributed by atoms with E-state index in [1.165, 1.54) is 116 Å². The van der Waals surface area contributed by atoms with E-state index in [0.29, 0.717) is 9.90 Å². The smallest absolute Gasteiger partial charge is 0.144 e. The molecule has 0 aromatic rings. The van der Waals surface area contributed by atoms with Gasteiger partial charge in [0.2, 0.25) is 0 Å². The molecule has 2 atom stereocenters. The molecule has 0 aliphatic rings. The number of hydrogen-bond acceptors (Lipinski definition) is 0. The maximum atomic E-state index is 3.95. The third kappa shape index (κ3) is 12.8. The van der Waals surface area contributed by atoms with Gasteiger partial charge in [-0.15, -0.1) is 0 Å². The number of quaternary nitrogens is 2. The number of hydrogen-bond donors (Lipinski definition) is 0. The lowest BCUT2D eigenvalue weighted by Gasteiger charge is -2.37. The van der Waals surface area contributed by atoms with Gasteiger partial charge in [-0.3, -0.25) is 0 Å². The average molecular weight is 557 g/mol. The Morgan fingerprint density at radius 2 is 0.633 bits per heavy atom. The molecular weight excluding hydrogens is 500 g/mol. The molecular formula is C26H56Br2N2+2. The topological polar surface area (TPSA) is 0 Å². The molecule has 0 bridgehead atoms. The van der Waals surface area contributed by atoms with Crippen LogP contribution < -0.4 is 0 Å². The van der Waals surface area contributed by atoms with Crippen LogP contribution in [-0.4, -0.2) is 59.1 Å². The Morgan fingerprint density at radius 1 is 0.433 bits per heavy atom. The minimum Gasteiger partial charge on any atom is -0.315 e. The van der Waals surface area contributed by atoms with Gasteiger partial charge in [-0.2, -0.15) is 0 Å². The van der Waals surface area contributed by atoms with Crippen LogP contribution in [0.1, 0.15) is 118 Å². The molecule has 0 amide bonds. The summed E-state index contributed by atoms with van der Waals surface area (Å²) in [5, 5.41) is 0. The standard InChI is InChI=1S/C26H56Br2N2/c1-7-29(5,8-2)25(27)23-21-19-17-15-13-11-12-14-16-18-20-22-24-26(28)30(6,9-3)10-4/h25-26H,7-24H2,1-6H3/q+2. The van der Waals surface area contributed by atoms with Crippen LogP contribution in [-0.2, 0) is 0 Å². The van der Waals surface area contributed by atoms with Gasteiger partial charge in [-0.05, 0) is 72.4 Å². The van der Waals surface area contributed by atoms with E-state index >= 15 is 0 Å². The van der Waals surface area contributed by atoms with Crippen molar-refractivity contribution in [2.24, 2.45) is 0 Å². The third-order valence-electron chi connectivity index (χ3n) is 7.88. The molecule has 0 aromatic heterocycles. The van der Waals surface area contributed by atoms with Gasteiger partial charge in [0.25, 0.3) is 0 Å². The van der Waals surface area contributed by atoms with Crippen molar-refractivity contribution < 1.29 is 8.97 Å². The van der Waals surface area contributed by atoms with Crippen LogP contribution in [0.3, 0.4) is 0 Å². The Balaban J connectivity index is 3.45. The number of nitrogens with zero attached hydrogens (tertiary/aromatic N) is 2. The first kappa shape index (κ1) is 30.9. The molecule has 0 N–H and O–H groups in total. The van der Waals surface area contributed by atoms with Gasteiger partial charge in [-0.1, -0.05) is 64.2 Å². The fourth-order valence-corrected chi connectivity index (χ4v) is 6.06. The molecule has 0 aliphatic carbocycles. The summed E-state index contributed by atoms with van der Waals surface area (Å²) in [5.41, 5.74) is 0. The molecule has 182 valence electrons. The normalized spacial score (nSPS) is 14.8. The highest BCUT2D eigenvalue weighted by Crippen LogP contribution is 2.23. The van der Waals surface area contributed by atoms with E-state index in [2.05, 4.69) is 73.7 Å². The summed E-state index contributed by atoms with van der Waals surface area (Å²) in [5.74, 6) is 0. The lowest BCUT2D eigenvalue weighted by Crippen LogP contribution is -2.49. The lowest BCUT2D eigenvalue weighted by molar-refractivity contribution is -0.914. The average Bonchev–Trinajstić information content (AvgIpc) is 2.77. The first-order valence-corrected chi connectivity index (χ1v) is 15.1. The molecule has 0 heterocycles. The first-order chi connectivity index (χ1) is 14.3. The van der Waals surface area contributed by atoms with Crippen molar-refractivity contribution in [2.75, 3.05) is 40.3 Å². The minimum atomic E-state index is 0.634. The van der Waals surface area contributed by atoms with Gasteiger partial charge in [-0.25, -0.2) is 0 Å². The highest BCUT2D eigenvalue weighted by Gasteiger charge is 2.26. The van der Waals surface area contributed by atoms with E-state index in [-0.39, 0.29) is 0 Å². The van der Waals surface area contributed by atoms with Gasteiger partial charge in [0, 0.05) is 12.8 Å². The van der Waals surface area contributed by atoms with Gasteiger partial charge in [0.05, 0.1) is 40.3 Å². The SMILES string of the molecule is CC[N+](C)(CC)C(Br)CCCCCCCCCCCCCCC(Br)[N+](C)(CC)CC. The molecule has 0 rings (SSSR count). The molecule has 4 heteroatoms. The summed E-state index contributed by atoms with van der Waals surface area (Å²) < 4.78 is 2.32. The Kier molecular flexibility index (Phi) is 18.9. The van der Waals surface area contributed by atoms with Crippen molar-refractivity contribution >= 4 is 31.9 Å². The van der Waals surface area contributed by atoms with E-state index in [0.717, 1.165) is 8.97 Å². The summed E-state index contributed by atoms with van der Waals surface area (Å²) in [6, 6.07) is 0. The number of unbranched alkanes of at least 4 members (excludes halogenated alkanes) is 11. The molecule has 0 saturated carbocycles. The van der Waals surface area contributed by atoms with Crippen LogP contribution >= 0.6 is 31.9 Å². The molecule has 0 fully saturated rings. The second-order valence-corrected chi connectivity index (χ2v) is 12.0. The zero-order chi connectivity index (χ0) is 22.9. The Morgan fingerprint density at radius 3 is 0.833 bits per heavy atom. The second-order valence-electron chi connectivity index (χ2n) is 9.91. The van der Waals surface area contributed by atoms with Crippen molar-refractivity contribution in [3.63, 3.8) is 0 Å². The summed E-state index contributed by atoms with van der Waals surface area (Å²) in [7, 11) is 4.76. The number of alkyl halides is 2. The second kappa shape index (κ2) is 18.3. The van der Waals surface area contributed by atoms with Crippen molar-refractivity contribution in [3.8, 4) is 0 Å². The van der Waals surface area contributed by atoms with Crippen LogP contribution in [0, 0.1) is 0 Å². The van der Waals surface area contributed by atoms with Crippen LogP contribution in [0.4, 0.5) is 0 Å². The van der Waals surface area contributed by atoms with Crippen molar-refractivity contribution in [1.29, 1.82) is 0 Å². The summed E-state index contributed by atoms with van der Waals surface area (Å²) in [4.78, 5) is 1.27. The number of halogens is 2. The van der Waals surface area contributed by atoms with Crippen LogP contribution in [0.2, 0.25) is 0 Å². The zero-order valence-corrected chi connectivity index (χ0v) is 24.7. The molecule has 0 aromatic carbocycles. The van der Waals surface area contributed by atoms with E-state index in [9.17, 15) is 0 Å². The molecule has 0 spiro atoms. The quantitative estimate of drug-likeness (QED) is 0.0574. The van der Waals surface area contributed by atoms with Gasteiger partial charge < -0.3 is 8.97 Å². The van der Waals surface area contributed by atoms with Gasteiger partial charge in [0.1, 0.15) is 9.90 Å². The summed E-state index contributed by atoms with van der Waals surface area (Å²) in [6.07, 6.45) is 19.8. The third-order valence-corrected chi connectivity index (χ3v) is 10.8.